The summed E-state index contributed by atoms with van der Waals surface area (Å²) in [5.41, 5.74) is 4.81. The van der Waals surface area contributed by atoms with Crippen LogP contribution in [-0.4, -0.2) is 23.0 Å². The Hall–Kier alpha value is -2.09. The first-order valence-electron chi connectivity index (χ1n) is 5.24. The van der Waals surface area contributed by atoms with E-state index in [9.17, 15) is 22.8 Å². The number of carbonyl (C=O) groups excluding carboxylic acids is 1. The second kappa shape index (κ2) is 6.19. The van der Waals surface area contributed by atoms with Crippen molar-refractivity contribution in [2.24, 2.45) is 5.73 Å². The maximum Gasteiger partial charge on any atom is 0.303 e. The molecule has 0 saturated carbocycles. The highest BCUT2D eigenvalue weighted by Crippen LogP contribution is 2.19. The first-order chi connectivity index (χ1) is 8.82. The fraction of sp³-hybridized carbons (Fsp3) is 0.273. The molecule has 1 atom stereocenters. The third-order valence-corrected chi connectivity index (χ3v) is 2.30. The van der Waals surface area contributed by atoms with E-state index in [-0.39, 0.29) is 12.8 Å². The van der Waals surface area contributed by atoms with Crippen LogP contribution < -0.4 is 11.1 Å². The molecule has 0 aromatic heterocycles. The molecule has 0 bridgehead atoms. The Morgan fingerprint density at radius 1 is 1.26 bits per heavy atom. The number of carbonyl (C=O) groups is 2. The zero-order valence-corrected chi connectivity index (χ0v) is 9.62. The van der Waals surface area contributed by atoms with Crippen LogP contribution in [0.1, 0.15) is 12.8 Å². The molecule has 0 radical (unpaired) electrons. The van der Waals surface area contributed by atoms with Crippen LogP contribution in [0.5, 0.6) is 0 Å². The molecular formula is C11H11F3N2O3. The van der Waals surface area contributed by atoms with Gasteiger partial charge >= 0.3 is 5.97 Å². The van der Waals surface area contributed by atoms with E-state index in [1.54, 1.807) is 0 Å². The molecule has 5 nitrogen and oxygen atoms in total. The summed E-state index contributed by atoms with van der Waals surface area (Å²) in [4.78, 5) is 21.7. The average molecular weight is 276 g/mol. The SMILES string of the molecule is NC(CCC(=O)O)C(=O)Nc1ccc(F)c(F)c1F. The minimum atomic E-state index is -1.71. The minimum absolute atomic E-state index is 0.160. The molecular weight excluding hydrogens is 265 g/mol. The molecule has 104 valence electrons. The van der Waals surface area contributed by atoms with Gasteiger partial charge < -0.3 is 16.2 Å². The second-order valence-corrected chi connectivity index (χ2v) is 3.75. The van der Waals surface area contributed by atoms with Crippen molar-refractivity contribution >= 4 is 17.6 Å². The lowest BCUT2D eigenvalue weighted by atomic mass is 10.1. The summed E-state index contributed by atoms with van der Waals surface area (Å²) in [7, 11) is 0. The molecule has 0 aliphatic rings. The van der Waals surface area contributed by atoms with Gasteiger partial charge in [0.15, 0.2) is 17.5 Å². The highest BCUT2D eigenvalue weighted by molar-refractivity contribution is 5.95. The van der Waals surface area contributed by atoms with Gasteiger partial charge in [0, 0.05) is 6.42 Å². The standard InChI is InChI=1S/C11H11F3N2O3/c12-5-1-3-7(10(14)9(5)13)16-11(19)6(15)2-4-8(17)18/h1,3,6H,2,4,15H2,(H,16,19)(H,17,18). The molecule has 0 saturated heterocycles. The summed E-state index contributed by atoms with van der Waals surface area (Å²) in [6, 6.07) is 0.301. The van der Waals surface area contributed by atoms with Crippen molar-refractivity contribution in [2.45, 2.75) is 18.9 Å². The van der Waals surface area contributed by atoms with Crippen molar-refractivity contribution in [1.82, 2.24) is 0 Å². The van der Waals surface area contributed by atoms with E-state index in [4.69, 9.17) is 10.8 Å². The number of aliphatic carboxylic acids is 1. The van der Waals surface area contributed by atoms with Gasteiger partial charge in [-0.3, -0.25) is 9.59 Å². The average Bonchev–Trinajstić information content (AvgIpc) is 2.36. The van der Waals surface area contributed by atoms with Crippen molar-refractivity contribution in [3.8, 4) is 0 Å². The summed E-state index contributed by atoms with van der Waals surface area (Å²) in [5.74, 6) is -6.66. The highest BCUT2D eigenvalue weighted by atomic mass is 19.2. The number of carboxylic acid groups (broad SMARTS) is 1. The van der Waals surface area contributed by atoms with E-state index in [0.29, 0.717) is 6.07 Å². The number of hydrogen-bond donors (Lipinski definition) is 3. The van der Waals surface area contributed by atoms with Crippen LogP contribution in [0.25, 0.3) is 0 Å². The number of amides is 1. The van der Waals surface area contributed by atoms with Crippen molar-refractivity contribution in [1.29, 1.82) is 0 Å². The summed E-state index contributed by atoms with van der Waals surface area (Å²) >= 11 is 0. The quantitative estimate of drug-likeness (QED) is 0.705. The number of nitrogens with one attached hydrogen (secondary N) is 1. The molecule has 1 aromatic carbocycles. The maximum atomic E-state index is 13.2. The van der Waals surface area contributed by atoms with Gasteiger partial charge in [-0.2, -0.15) is 0 Å². The Labute approximate surface area is 106 Å². The number of benzene rings is 1. The van der Waals surface area contributed by atoms with Gasteiger partial charge in [-0.15, -0.1) is 0 Å². The largest absolute Gasteiger partial charge is 0.481 e. The molecule has 1 amide bonds. The van der Waals surface area contributed by atoms with Gasteiger partial charge in [0.25, 0.3) is 0 Å². The topological polar surface area (TPSA) is 92.4 Å². The molecule has 0 spiro atoms. The predicted octanol–water partition coefficient (Wildman–Crippen LogP) is 1.23. The van der Waals surface area contributed by atoms with E-state index < -0.39 is 41.1 Å². The molecule has 1 rings (SSSR count). The molecule has 1 aromatic rings. The summed E-state index contributed by atoms with van der Waals surface area (Å²) < 4.78 is 38.8. The van der Waals surface area contributed by atoms with Crippen LogP contribution in [0.15, 0.2) is 12.1 Å². The van der Waals surface area contributed by atoms with Gasteiger partial charge in [-0.25, -0.2) is 13.2 Å². The van der Waals surface area contributed by atoms with Gasteiger partial charge in [0.2, 0.25) is 5.91 Å². The normalized spacial score (nSPS) is 12.0. The van der Waals surface area contributed by atoms with Crippen molar-refractivity contribution in [3.63, 3.8) is 0 Å². The van der Waals surface area contributed by atoms with Gasteiger partial charge in [0.1, 0.15) is 0 Å². The van der Waals surface area contributed by atoms with Crippen LogP contribution >= 0.6 is 0 Å². The van der Waals surface area contributed by atoms with E-state index >= 15 is 0 Å². The number of halogens is 3. The lowest BCUT2D eigenvalue weighted by Gasteiger charge is -2.12. The molecule has 19 heavy (non-hydrogen) atoms. The van der Waals surface area contributed by atoms with Crippen molar-refractivity contribution in [3.05, 3.63) is 29.6 Å². The molecule has 1 unspecified atom stereocenters. The molecule has 0 heterocycles. The predicted molar refractivity (Wildman–Crippen MR) is 59.8 cm³/mol. The van der Waals surface area contributed by atoms with Crippen molar-refractivity contribution in [2.75, 3.05) is 5.32 Å². The molecule has 0 aliphatic carbocycles. The Morgan fingerprint density at radius 3 is 2.47 bits per heavy atom. The first-order valence-corrected chi connectivity index (χ1v) is 5.24. The number of hydrogen-bond acceptors (Lipinski definition) is 3. The number of rotatable bonds is 5. The van der Waals surface area contributed by atoms with Gasteiger partial charge in [-0.1, -0.05) is 0 Å². The van der Waals surface area contributed by atoms with Crippen LogP contribution in [0.4, 0.5) is 18.9 Å². The molecule has 4 N–H and O–H groups in total. The molecule has 8 heteroatoms. The van der Waals surface area contributed by atoms with E-state index in [1.807, 2.05) is 5.32 Å². The van der Waals surface area contributed by atoms with Gasteiger partial charge in [0.05, 0.1) is 11.7 Å². The monoisotopic (exact) mass is 276 g/mol. The zero-order chi connectivity index (χ0) is 14.6. The second-order valence-electron chi connectivity index (χ2n) is 3.75. The van der Waals surface area contributed by atoms with Crippen LogP contribution in [0, 0.1) is 17.5 Å². The van der Waals surface area contributed by atoms with Crippen LogP contribution in [0.3, 0.4) is 0 Å². The van der Waals surface area contributed by atoms with E-state index in [1.165, 1.54) is 0 Å². The van der Waals surface area contributed by atoms with E-state index in [2.05, 4.69) is 0 Å². The summed E-state index contributed by atoms with van der Waals surface area (Å²) in [5, 5.41) is 10.4. The zero-order valence-electron chi connectivity index (χ0n) is 9.62. The molecule has 0 fully saturated rings. The number of anilines is 1. The first kappa shape index (κ1) is 15.0. The van der Waals surface area contributed by atoms with Gasteiger partial charge in [-0.05, 0) is 18.6 Å². The fourth-order valence-electron chi connectivity index (χ4n) is 1.26. The lowest BCUT2D eigenvalue weighted by Crippen LogP contribution is -2.36. The van der Waals surface area contributed by atoms with Crippen LogP contribution in [0.2, 0.25) is 0 Å². The molecule has 0 aliphatic heterocycles. The smallest absolute Gasteiger partial charge is 0.303 e. The lowest BCUT2D eigenvalue weighted by molar-refractivity contribution is -0.137. The number of carboxylic acids is 1. The Morgan fingerprint density at radius 2 is 1.89 bits per heavy atom. The van der Waals surface area contributed by atoms with Crippen LogP contribution in [-0.2, 0) is 9.59 Å². The van der Waals surface area contributed by atoms with Crippen molar-refractivity contribution < 1.29 is 27.9 Å². The highest BCUT2D eigenvalue weighted by Gasteiger charge is 2.19. The Balaban J connectivity index is 2.72. The summed E-state index contributed by atoms with van der Waals surface area (Å²) in [6.45, 7) is 0. The number of nitrogens with two attached hydrogens (primary N) is 1. The minimum Gasteiger partial charge on any atom is -0.481 e. The fourth-order valence-corrected chi connectivity index (χ4v) is 1.26. The maximum absolute atomic E-state index is 13.2. The Kier molecular flexibility index (Phi) is 4.87. The van der Waals surface area contributed by atoms with E-state index in [0.717, 1.165) is 6.07 Å². The Bertz CT molecular complexity index is 508. The summed E-state index contributed by atoms with van der Waals surface area (Å²) in [6.07, 6.45) is -0.499. The third kappa shape index (κ3) is 3.95. The third-order valence-electron chi connectivity index (χ3n) is 2.30.